The van der Waals surface area contributed by atoms with Gasteiger partial charge in [0, 0.05) is 28.8 Å². The van der Waals surface area contributed by atoms with Gasteiger partial charge in [-0.1, -0.05) is 41.6 Å². The van der Waals surface area contributed by atoms with Crippen molar-refractivity contribution in [3.8, 4) is 22.4 Å². The second kappa shape index (κ2) is 8.53. The van der Waals surface area contributed by atoms with Crippen molar-refractivity contribution < 1.29 is 13.6 Å². The third kappa shape index (κ3) is 3.90. The highest BCUT2D eigenvalue weighted by Crippen LogP contribution is 2.35. The van der Waals surface area contributed by atoms with E-state index in [1.165, 1.54) is 4.52 Å². The maximum Gasteiger partial charge on any atom is 0.165 e. The molecule has 174 valence electrons. The van der Waals surface area contributed by atoms with E-state index in [1.807, 2.05) is 42.5 Å². The van der Waals surface area contributed by atoms with Gasteiger partial charge in [0.2, 0.25) is 0 Å². The van der Waals surface area contributed by atoms with Crippen LogP contribution >= 0.6 is 0 Å². The summed E-state index contributed by atoms with van der Waals surface area (Å²) in [7, 11) is -3.05. The van der Waals surface area contributed by atoms with Gasteiger partial charge in [-0.2, -0.15) is 9.61 Å². The summed E-state index contributed by atoms with van der Waals surface area (Å²) in [4.78, 5) is 9.51. The number of nitrogens with two attached hydrogens (primary N) is 1. The standard InChI is InChI=1S/C24H24N6O3S/c1-15(29-31)21-22(17-9-11-34(32,33)12-10-17)28-24-19(14-27-30(24)23(21)25)18-7-8-20(26-13-18)16-5-3-2-4-6-16/h2-8,13-14,17,31H,9-12,25H2,1H3/b29-15+. The molecule has 0 bridgehead atoms. The number of rotatable bonds is 4. The fourth-order valence-electron chi connectivity index (χ4n) is 4.45. The molecule has 0 amide bonds. The number of benzene rings is 1. The summed E-state index contributed by atoms with van der Waals surface area (Å²) in [5, 5.41) is 17.2. The molecule has 1 aromatic carbocycles. The van der Waals surface area contributed by atoms with Gasteiger partial charge in [0.15, 0.2) is 5.65 Å². The number of hydrogen-bond acceptors (Lipinski definition) is 8. The van der Waals surface area contributed by atoms with Crippen LogP contribution in [0.4, 0.5) is 5.82 Å². The topological polar surface area (TPSA) is 136 Å². The normalized spacial score (nSPS) is 16.7. The first-order valence-corrected chi connectivity index (χ1v) is 12.8. The average molecular weight is 477 g/mol. The molecule has 1 saturated heterocycles. The Labute approximate surface area is 196 Å². The third-order valence-corrected chi connectivity index (χ3v) is 8.02. The van der Waals surface area contributed by atoms with Crippen LogP contribution in [0, 0.1) is 0 Å². The molecule has 34 heavy (non-hydrogen) atoms. The molecule has 1 aliphatic heterocycles. The molecule has 5 rings (SSSR count). The minimum atomic E-state index is -3.05. The van der Waals surface area contributed by atoms with Crippen molar-refractivity contribution in [3.05, 3.63) is 66.1 Å². The lowest BCUT2D eigenvalue weighted by Crippen LogP contribution is -2.25. The van der Waals surface area contributed by atoms with E-state index in [2.05, 4.69) is 15.2 Å². The Kier molecular flexibility index (Phi) is 5.52. The number of nitrogens with zero attached hydrogens (tertiary/aromatic N) is 5. The van der Waals surface area contributed by atoms with Gasteiger partial charge in [0.1, 0.15) is 15.7 Å². The number of anilines is 1. The van der Waals surface area contributed by atoms with Gasteiger partial charge in [-0.3, -0.25) is 4.98 Å². The van der Waals surface area contributed by atoms with E-state index in [0.29, 0.717) is 41.3 Å². The first-order valence-electron chi connectivity index (χ1n) is 11.0. The largest absolute Gasteiger partial charge is 0.411 e. The zero-order valence-corrected chi connectivity index (χ0v) is 19.4. The second-order valence-electron chi connectivity index (χ2n) is 8.46. The predicted octanol–water partition coefficient (Wildman–Crippen LogP) is 3.53. The maximum absolute atomic E-state index is 12.0. The van der Waals surface area contributed by atoms with Crippen LogP contribution in [-0.2, 0) is 9.84 Å². The summed E-state index contributed by atoms with van der Waals surface area (Å²) >= 11 is 0. The molecule has 9 nitrogen and oxygen atoms in total. The van der Waals surface area contributed by atoms with Gasteiger partial charge in [-0.05, 0) is 25.8 Å². The minimum Gasteiger partial charge on any atom is -0.411 e. The SMILES string of the molecule is C/C(=N\O)c1c(C2CCS(=O)(=O)CC2)nc2c(-c3ccc(-c4ccccc4)nc3)cnn2c1N. The molecular formula is C24H24N6O3S. The summed E-state index contributed by atoms with van der Waals surface area (Å²) in [6, 6.07) is 13.8. The molecule has 4 heterocycles. The Bertz CT molecular complexity index is 1480. The highest BCUT2D eigenvalue weighted by atomic mass is 32.2. The monoisotopic (exact) mass is 476 g/mol. The van der Waals surface area contributed by atoms with Crippen LogP contribution in [0.5, 0.6) is 0 Å². The Morgan fingerprint density at radius 1 is 1.09 bits per heavy atom. The van der Waals surface area contributed by atoms with E-state index in [0.717, 1.165) is 22.4 Å². The molecule has 0 saturated carbocycles. The average Bonchev–Trinajstić information content (AvgIpc) is 3.28. The molecule has 0 unspecified atom stereocenters. The quantitative estimate of drug-likeness (QED) is 0.261. The number of sulfone groups is 1. The summed E-state index contributed by atoms with van der Waals surface area (Å²) < 4.78 is 25.5. The molecule has 0 spiro atoms. The van der Waals surface area contributed by atoms with E-state index >= 15 is 0 Å². The van der Waals surface area contributed by atoms with Crippen molar-refractivity contribution in [1.29, 1.82) is 0 Å². The Balaban J connectivity index is 1.62. The fraction of sp³-hybridized carbons (Fsp3) is 0.250. The molecule has 3 N–H and O–H groups in total. The van der Waals surface area contributed by atoms with E-state index in [1.54, 1.807) is 19.3 Å². The lowest BCUT2D eigenvalue weighted by molar-refractivity contribution is 0.319. The van der Waals surface area contributed by atoms with Gasteiger partial charge in [0.05, 0.1) is 40.4 Å². The lowest BCUT2D eigenvalue weighted by Gasteiger charge is -2.24. The highest BCUT2D eigenvalue weighted by Gasteiger charge is 2.30. The molecular weight excluding hydrogens is 452 g/mol. The molecule has 0 radical (unpaired) electrons. The Hall–Kier alpha value is -3.79. The van der Waals surface area contributed by atoms with Crippen LogP contribution in [0.2, 0.25) is 0 Å². The minimum absolute atomic E-state index is 0.0934. The van der Waals surface area contributed by atoms with E-state index in [-0.39, 0.29) is 17.4 Å². The molecule has 4 aromatic rings. The van der Waals surface area contributed by atoms with Crippen molar-refractivity contribution in [3.63, 3.8) is 0 Å². The molecule has 1 fully saturated rings. The van der Waals surface area contributed by atoms with Crippen LogP contribution in [-0.4, -0.2) is 50.4 Å². The van der Waals surface area contributed by atoms with E-state index in [4.69, 9.17) is 10.7 Å². The number of fused-ring (bicyclic) bond motifs is 1. The summed E-state index contributed by atoms with van der Waals surface area (Å²) in [5.41, 5.74) is 11.9. The zero-order chi connectivity index (χ0) is 23.9. The van der Waals surface area contributed by atoms with Crippen molar-refractivity contribution in [2.45, 2.75) is 25.7 Å². The van der Waals surface area contributed by atoms with Crippen LogP contribution in [0.1, 0.15) is 36.9 Å². The number of nitrogen functional groups attached to an aromatic ring is 1. The molecule has 1 aliphatic rings. The van der Waals surface area contributed by atoms with Crippen LogP contribution in [0.3, 0.4) is 0 Å². The van der Waals surface area contributed by atoms with Gasteiger partial charge in [0.25, 0.3) is 0 Å². The van der Waals surface area contributed by atoms with Crippen molar-refractivity contribution >= 4 is 27.0 Å². The number of oxime groups is 1. The van der Waals surface area contributed by atoms with Gasteiger partial charge < -0.3 is 10.9 Å². The number of pyridine rings is 1. The Morgan fingerprint density at radius 2 is 1.82 bits per heavy atom. The summed E-state index contributed by atoms with van der Waals surface area (Å²) in [6.07, 6.45) is 4.33. The second-order valence-corrected chi connectivity index (χ2v) is 10.8. The summed E-state index contributed by atoms with van der Waals surface area (Å²) in [5.74, 6) is 0.361. The lowest BCUT2D eigenvalue weighted by atomic mass is 9.93. The van der Waals surface area contributed by atoms with E-state index in [9.17, 15) is 13.6 Å². The summed E-state index contributed by atoms with van der Waals surface area (Å²) in [6.45, 7) is 1.64. The van der Waals surface area contributed by atoms with Crippen molar-refractivity contribution in [2.75, 3.05) is 17.2 Å². The van der Waals surface area contributed by atoms with Crippen molar-refractivity contribution in [1.82, 2.24) is 19.6 Å². The van der Waals surface area contributed by atoms with Crippen molar-refractivity contribution in [2.24, 2.45) is 5.16 Å². The highest BCUT2D eigenvalue weighted by molar-refractivity contribution is 7.91. The van der Waals surface area contributed by atoms with Crippen LogP contribution in [0.25, 0.3) is 28.0 Å². The molecule has 3 aromatic heterocycles. The first-order chi connectivity index (χ1) is 16.4. The first kappa shape index (κ1) is 22.0. The molecule has 10 heteroatoms. The zero-order valence-electron chi connectivity index (χ0n) is 18.6. The Morgan fingerprint density at radius 3 is 2.47 bits per heavy atom. The van der Waals surface area contributed by atoms with Crippen LogP contribution < -0.4 is 5.73 Å². The molecule has 0 aliphatic carbocycles. The fourth-order valence-corrected chi connectivity index (χ4v) is 5.94. The van der Waals surface area contributed by atoms with E-state index < -0.39 is 9.84 Å². The number of hydrogen-bond donors (Lipinski definition) is 2. The van der Waals surface area contributed by atoms with Crippen LogP contribution in [0.15, 0.2) is 60.0 Å². The van der Waals surface area contributed by atoms with Gasteiger partial charge in [-0.15, -0.1) is 0 Å². The predicted molar refractivity (Wildman–Crippen MR) is 131 cm³/mol. The smallest absolute Gasteiger partial charge is 0.165 e. The van der Waals surface area contributed by atoms with Gasteiger partial charge in [-0.25, -0.2) is 13.4 Å². The van der Waals surface area contributed by atoms with Gasteiger partial charge >= 0.3 is 0 Å². The maximum atomic E-state index is 12.0. The number of aromatic nitrogens is 4. The molecule has 0 atom stereocenters. The third-order valence-electron chi connectivity index (χ3n) is 6.31.